The van der Waals surface area contributed by atoms with Gasteiger partial charge >= 0.3 is 6.18 Å². The Morgan fingerprint density at radius 1 is 1.08 bits per heavy atom. The van der Waals surface area contributed by atoms with E-state index < -0.39 is 11.7 Å². The molecule has 1 amide bonds. The normalized spacial score (nSPS) is 11.1. The van der Waals surface area contributed by atoms with Crippen LogP contribution in [-0.4, -0.2) is 26.1 Å². The lowest BCUT2D eigenvalue weighted by atomic mass is 10.1. The number of anilines is 1. The smallest absolute Gasteiger partial charge is 0.416 e. The summed E-state index contributed by atoms with van der Waals surface area (Å²) in [6.07, 6.45) is -3.51. The number of amides is 1. The molecule has 0 radical (unpaired) electrons. The Morgan fingerprint density at radius 2 is 1.81 bits per heavy atom. The molecule has 7 heteroatoms. The molecule has 0 aliphatic rings. The van der Waals surface area contributed by atoms with Crippen LogP contribution >= 0.6 is 0 Å². The third kappa shape index (κ3) is 6.31. The van der Waals surface area contributed by atoms with Crippen molar-refractivity contribution in [3.05, 3.63) is 59.7 Å². The van der Waals surface area contributed by atoms with Crippen LogP contribution in [0.3, 0.4) is 0 Å². The lowest BCUT2D eigenvalue weighted by molar-refractivity contribution is -0.137. The van der Waals surface area contributed by atoms with Crippen LogP contribution in [0.4, 0.5) is 18.9 Å². The number of hydrogen-bond donors (Lipinski definition) is 2. The first-order chi connectivity index (χ1) is 12.4. The molecule has 26 heavy (non-hydrogen) atoms. The zero-order valence-corrected chi connectivity index (χ0v) is 14.4. The summed E-state index contributed by atoms with van der Waals surface area (Å²) in [6.45, 7) is 0.754. The van der Waals surface area contributed by atoms with Crippen molar-refractivity contribution in [3.8, 4) is 5.75 Å². The first kappa shape index (κ1) is 19.6. The average molecular weight is 366 g/mol. The quantitative estimate of drug-likeness (QED) is 0.746. The van der Waals surface area contributed by atoms with Crippen molar-refractivity contribution in [1.29, 1.82) is 0 Å². The van der Waals surface area contributed by atoms with E-state index in [2.05, 4.69) is 10.6 Å². The largest absolute Gasteiger partial charge is 0.497 e. The highest BCUT2D eigenvalue weighted by Gasteiger charge is 2.30. The first-order valence-corrected chi connectivity index (χ1v) is 8.19. The molecular weight excluding hydrogens is 345 g/mol. The van der Waals surface area contributed by atoms with E-state index in [1.807, 2.05) is 24.3 Å². The summed E-state index contributed by atoms with van der Waals surface area (Å²) in [5.74, 6) is 0.622. The molecule has 0 saturated heterocycles. The van der Waals surface area contributed by atoms with Gasteiger partial charge in [-0.05, 0) is 42.3 Å². The second-order valence-corrected chi connectivity index (χ2v) is 5.70. The molecule has 2 rings (SSSR count). The van der Waals surface area contributed by atoms with Crippen LogP contribution in [0, 0.1) is 0 Å². The van der Waals surface area contributed by atoms with E-state index in [1.54, 1.807) is 7.11 Å². The minimum atomic E-state index is -4.38. The van der Waals surface area contributed by atoms with Crippen molar-refractivity contribution in [2.24, 2.45) is 0 Å². The van der Waals surface area contributed by atoms with Gasteiger partial charge in [0.25, 0.3) is 0 Å². The number of carbonyl (C=O) groups excluding carboxylic acids is 1. The Hall–Kier alpha value is -2.70. The molecule has 0 heterocycles. The molecule has 0 spiro atoms. The van der Waals surface area contributed by atoms with Crippen molar-refractivity contribution in [3.63, 3.8) is 0 Å². The van der Waals surface area contributed by atoms with Crippen molar-refractivity contribution in [1.82, 2.24) is 5.32 Å². The average Bonchev–Trinajstić information content (AvgIpc) is 2.62. The summed E-state index contributed by atoms with van der Waals surface area (Å²) in [5.41, 5.74) is 0.700. The second-order valence-electron chi connectivity index (χ2n) is 5.70. The van der Waals surface area contributed by atoms with Crippen LogP contribution in [0.2, 0.25) is 0 Å². The Morgan fingerprint density at radius 3 is 2.46 bits per heavy atom. The number of ether oxygens (including phenoxy) is 1. The number of halogens is 3. The number of alkyl halides is 3. The molecule has 140 valence electrons. The maximum absolute atomic E-state index is 12.6. The summed E-state index contributed by atoms with van der Waals surface area (Å²) in [5, 5.41) is 5.63. The molecular formula is C19H21F3N2O2. The van der Waals surface area contributed by atoms with Gasteiger partial charge in [-0.2, -0.15) is 13.2 Å². The van der Waals surface area contributed by atoms with Crippen LogP contribution in [-0.2, 0) is 17.4 Å². The van der Waals surface area contributed by atoms with Crippen molar-refractivity contribution >= 4 is 11.6 Å². The topological polar surface area (TPSA) is 50.4 Å². The van der Waals surface area contributed by atoms with Gasteiger partial charge < -0.3 is 15.4 Å². The standard InChI is InChI=1S/C19H21F3N2O2/c1-26-17-7-5-14(6-8-17)9-11-24-18(25)10-12-23-16-4-2-3-15(13-16)19(20,21)22/h2-8,13,23H,9-12H2,1H3,(H,24,25). The van der Waals surface area contributed by atoms with E-state index in [0.717, 1.165) is 23.4 Å². The lowest BCUT2D eigenvalue weighted by Crippen LogP contribution is -2.27. The highest BCUT2D eigenvalue weighted by Crippen LogP contribution is 2.30. The summed E-state index contributed by atoms with van der Waals surface area (Å²) in [7, 11) is 1.60. The zero-order valence-electron chi connectivity index (χ0n) is 14.4. The van der Waals surface area contributed by atoms with Crippen LogP contribution in [0.25, 0.3) is 0 Å². The fourth-order valence-corrected chi connectivity index (χ4v) is 2.35. The number of benzene rings is 2. The third-order valence-electron chi connectivity index (χ3n) is 3.77. The molecule has 0 saturated carbocycles. The monoisotopic (exact) mass is 366 g/mol. The van der Waals surface area contributed by atoms with Gasteiger partial charge in [0.1, 0.15) is 5.75 Å². The predicted molar refractivity (Wildman–Crippen MR) is 94.3 cm³/mol. The Balaban J connectivity index is 1.69. The predicted octanol–water partition coefficient (Wildman–Crippen LogP) is 3.87. The van der Waals surface area contributed by atoms with Crippen molar-refractivity contribution < 1.29 is 22.7 Å². The Bertz CT molecular complexity index is 715. The Kier molecular flexibility index (Phi) is 6.89. The molecule has 0 unspecified atom stereocenters. The first-order valence-electron chi connectivity index (χ1n) is 8.19. The fraction of sp³-hybridized carbons (Fsp3) is 0.316. The summed E-state index contributed by atoms with van der Waals surface area (Å²) in [4.78, 5) is 11.8. The molecule has 0 atom stereocenters. The molecule has 0 fully saturated rings. The SMILES string of the molecule is COc1ccc(CCNC(=O)CCNc2cccc(C(F)(F)F)c2)cc1. The molecule has 0 aliphatic carbocycles. The van der Waals surface area contributed by atoms with E-state index in [1.165, 1.54) is 12.1 Å². The second kappa shape index (κ2) is 9.12. The molecule has 2 N–H and O–H groups in total. The van der Waals surface area contributed by atoms with E-state index in [9.17, 15) is 18.0 Å². The van der Waals surface area contributed by atoms with Gasteiger partial charge in [-0.25, -0.2) is 0 Å². The molecule has 0 aliphatic heterocycles. The van der Waals surface area contributed by atoms with Crippen LogP contribution < -0.4 is 15.4 Å². The van der Waals surface area contributed by atoms with Crippen LogP contribution in [0.5, 0.6) is 5.75 Å². The van der Waals surface area contributed by atoms with Crippen molar-refractivity contribution in [2.75, 3.05) is 25.5 Å². The Labute approximate surface area is 150 Å². The van der Waals surface area contributed by atoms with Gasteiger partial charge in [0.05, 0.1) is 12.7 Å². The third-order valence-corrected chi connectivity index (χ3v) is 3.77. The van der Waals surface area contributed by atoms with E-state index >= 15 is 0 Å². The lowest BCUT2D eigenvalue weighted by Gasteiger charge is -2.11. The summed E-state index contributed by atoms with van der Waals surface area (Å²) >= 11 is 0. The van der Waals surface area contributed by atoms with Gasteiger partial charge in [-0.3, -0.25) is 4.79 Å². The van der Waals surface area contributed by atoms with E-state index in [4.69, 9.17) is 4.74 Å². The molecule has 2 aromatic rings. The zero-order chi connectivity index (χ0) is 19.0. The number of hydrogen-bond acceptors (Lipinski definition) is 3. The van der Waals surface area contributed by atoms with Gasteiger partial charge in [0.2, 0.25) is 5.91 Å². The van der Waals surface area contributed by atoms with Gasteiger partial charge in [-0.15, -0.1) is 0 Å². The highest BCUT2D eigenvalue weighted by atomic mass is 19.4. The number of carbonyl (C=O) groups is 1. The van der Waals surface area contributed by atoms with Crippen LogP contribution in [0.1, 0.15) is 17.5 Å². The fourth-order valence-electron chi connectivity index (χ4n) is 2.35. The number of methoxy groups -OCH3 is 1. The van der Waals surface area contributed by atoms with Gasteiger partial charge in [0, 0.05) is 25.2 Å². The van der Waals surface area contributed by atoms with E-state index in [-0.39, 0.29) is 18.9 Å². The minimum Gasteiger partial charge on any atom is -0.497 e. The molecule has 2 aromatic carbocycles. The van der Waals surface area contributed by atoms with Crippen LogP contribution in [0.15, 0.2) is 48.5 Å². The highest BCUT2D eigenvalue weighted by molar-refractivity contribution is 5.76. The molecule has 0 bridgehead atoms. The summed E-state index contributed by atoms with van der Waals surface area (Å²) < 4.78 is 43.0. The molecule has 0 aromatic heterocycles. The number of nitrogens with one attached hydrogen (secondary N) is 2. The molecule has 4 nitrogen and oxygen atoms in total. The minimum absolute atomic E-state index is 0.155. The van der Waals surface area contributed by atoms with Gasteiger partial charge in [-0.1, -0.05) is 18.2 Å². The van der Waals surface area contributed by atoms with Gasteiger partial charge in [0.15, 0.2) is 0 Å². The van der Waals surface area contributed by atoms with Crippen molar-refractivity contribution in [2.45, 2.75) is 19.0 Å². The number of rotatable bonds is 8. The summed E-state index contributed by atoms with van der Waals surface area (Å²) in [6, 6.07) is 12.5. The maximum Gasteiger partial charge on any atom is 0.416 e. The van der Waals surface area contributed by atoms with E-state index in [0.29, 0.717) is 18.7 Å². The maximum atomic E-state index is 12.6.